The van der Waals surface area contributed by atoms with Crippen LogP contribution in [0.5, 0.6) is 5.88 Å². The molecule has 0 saturated carbocycles. The Labute approximate surface area is 183 Å². The Morgan fingerprint density at radius 3 is 2.65 bits per heavy atom. The predicted octanol–water partition coefficient (Wildman–Crippen LogP) is 3.34. The molecular weight excluding hydrogens is 392 g/mol. The number of hydrogen-bond acceptors (Lipinski definition) is 5. The normalized spacial score (nSPS) is 20.9. The first-order chi connectivity index (χ1) is 15.1. The molecule has 31 heavy (non-hydrogen) atoms. The molecule has 1 amide bonds. The summed E-state index contributed by atoms with van der Waals surface area (Å²) in [4.78, 5) is 21.0. The molecule has 0 unspecified atom stereocenters. The van der Waals surface area contributed by atoms with Crippen molar-refractivity contribution in [1.29, 1.82) is 0 Å². The minimum Gasteiger partial charge on any atom is -0.494 e. The van der Waals surface area contributed by atoms with Crippen molar-refractivity contribution in [2.45, 2.75) is 45.1 Å². The van der Waals surface area contributed by atoms with Crippen LogP contribution in [-0.2, 0) is 9.53 Å². The lowest BCUT2D eigenvalue weighted by molar-refractivity contribution is -0.128. The van der Waals surface area contributed by atoms with Crippen LogP contribution < -0.4 is 4.90 Å². The zero-order chi connectivity index (χ0) is 21.4. The van der Waals surface area contributed by atoms with E-state index in [0.29, 0.717) is 31.9 Å². The van der Waals surface area contributed by atoms with Crippen LogP contribution in [0.1, 0.15) is 50.6 Å². The maximum Gasteiger partial charge on any atom is 0.219 e. The average Bonchev–Trinajstić information content (AvgIpc) is 3.33. The van der Waals surface area contributed by atoms with Crippen molar-refractivity contribution < 1.29 is 14.6 Å². The quantitative estimate of drug-likeness (QED) is 0.821. The number of ether oxygens (including phenoxy) is 1. The maximum absolute atomic E-state index is 11.9. The van der Waals surface area contributed by atoms with Gasteiger partial charge in [0, 0.05) is 75.6 Å². The summed E-state index contributed by atoms with van der Waals surface area (Å²) in [6.45, 7) is 7.08. The molecule has 1 aromatic carbocycles. The van der Waals surface area contributed by atoms with E-state index in [1.54, 1.807) is 6.92 Å². The van der Waals surface area contributed by atoms with Gasteiger partial charge in [0.1, 0.15) is 0 Å². The number of fused-ring (bicyclic) bond motifs is 1. The van der Waals surface area contributed by atoms with E-state index < -0.39 is 0 Å². The standard InChI is InChI=1S/C24H32N4O3/c1-17(29)26-12-6-21(25-9-13-26)23-20-16-19(27-10-2-3-11-27)4-5-22(20)28(24(23)30)18-7-14-31-15-8-18/h4-5,16,18,30H,2-3,6-15H2,1H3. The van der Waals surface area contributed by atoms with Crippen LogP contribution in [0.25, 0.3) is 10.9 Å². The Balaban J connectivity index is 1.61. The van der Waals surface area contributed by atoms with Gasteiger partial charge >= 0.3 is 0 Å². The number of hydrogen-bond donors (Lipinski definition) is 1. The molecule has 1 N–H and O–H groups in total. The van der Waals surface area contributed by atoms with Gasteiger partial charge in [-0.1, -0.05) is 0 Å². The summed E-state index contributed by atoms with van der Waals surface area (Å²) < 4.78 is 7.68. The Kier molecular flexibility index (Phi) is 5.61. The summed E-state index contributed by atoms with van der Waals surface area (Å²) >= 11 is 0. The Morgan fingerprint density at radius 2 is 1.90 bits per heavy atom. The molecule has 1 aromatic heterocycles. The number of anilines is 1. The van der Waals surface area contributed by atoms with E-state index in [-0.39, 0.29) is 11.9 Å². The lowest BCUT2D eigenvalue weighted by Gasteiger charge is -2.25. The number of rotatable bonds is 3. The lowest BCUT2D eigenvalue weighted by Crippen LogP contribution is -2.31. The van der Waals surface area contributed by atoms with Gasteiger partial charge in [0.25, 0.3) is 0 Å². The third kappa shape index (κ3) is 3.80. The highest BCUT2D eigenvalue weighted by atomic mass is 16.5. The van der Waals surface area contributed by atoms with Crippen LogP contribution in [0.2, 0.25) is 0 Å². The molecule has 0 spiro atoms. The number of aromatic hydroxyl groups is 1. The molecule has 2 saturated heterocycles. The highest BCUT2D eigenvalue weighted by Gasteiger charge is 2.28. The summed E-state index contributed by atoms with van der Waals surface area (Å²) in [5, 5.41) is 12.6. The highest BCUT2D eigenvalue weighted by molar-refractivity contribution is 6.14. The fourth-order valence-electron chi connectivity index (χ4n) is 5.32. The molecule has 3 aliphatic rings. The minimum atomic E-state index is 0.0848. The van der Waals surface area contributed by atoms with Gasteiger partial charge in [-0.2, -0.15) is 0 Å². The number of aliphatic imine (C=N–C) groups is 1. The summed E-state index contributed by atoms with van der Waals surface area (Å²) in [6, 6.07) is 6.82. The first-order valence-corrected chi connectivity index (χ1v) is 11.6. The molecule has 0 aliphatic carbocycles. The van der Waals surface area contributed by atoms with Gasteiger partial charge < -0.3 is 24.2 Å². The second-order valence-corrected chi connectivity index (χ2v) is 8.89. The Bertz CT molecular complexity index is 1000. The van der Waals surface area contributed by atoms with Crippen molar-refractivity contribution in [3.8, 4) is 5.88 Å². The van der Waals surface area contributed by atoms with E-state index in [1.165, 1.54) is 18.5 Å². The topological polar surface area (TPSA) is 70.3 Å². The minimum absolute atomic E-state index is 0.0848. The fourth-order valence-corrected chi connectivity index (χ4v) is 5.32. The molecule has 5 rings (SSSR count). The molecule has 0 radical (unpaired) electrons. The summed E-state index contributed by atoms with van der Waals surface area (Å²) in [5.41, 5.74) is 4.05. The van der Waals surface area contributed by atoms with Crippen molar-refractivity contribution in [2.24, 2.45) is 4.99 Å². The molecule has 4 heterocycles. The number of aromatic nitrogens is 1. The molecular formula is C24H32N4O3. The van der Waals surface area contributed by atoms with E-state index >= 15 is 0 Å². The van der Waals surface area contributed by atoms with Crippen molar-refractivity contribution in [2.75, 3.05) is 50.8 Å². The van der Waals surface area contributed by atoms with E-state index in [9.17, 15) is 9.90 Å². The fraction of sp³-hybridized carbons (Fsp3) is 0.583. The smallest absolute Gasteiger partial charge is 0.219 e. The van der Waals surface area contributed by atoms with Crippen LogP contribution >= 0.6 is 0 Å². The van der Waals surface area contributed by atoms with Crippen LogP contribution in [0.15, 0.2) is 23.2 Å². The molecule has 0 bridgehead atoms. The average molecular weight is 425 g/mol. The Morgan fingerprint density at radius 1 is 1.13 bits per heavy atom. The summed E-state index contributed by atoms with van der Waals surface area (Å²) in [7, 11) is 0. The van der Waals surface area contributed by atoms with E-state index in [0.717, 1.165) is 61.3 Å². The van der Waals surface area contributed by atoms with E-state index in [4.69, 9.17) is 9.73 Å². The van der Waals surface area contributed by atoms with Gasteiger partial charge in [-0.3, -0.25) is 9.79 Å². The molecule has 7 nitrogen and oxygen atoms in total. The number of amides is 1. The highest BCUT2D eigenvalue weighted by Crippen LogP contribution is 2.40. The zero-order valence-electron chi connectivity index (χ0n) is 18.3. The van der Waals surface area contributed by atoms with Gasteiger partial charge in [0.2, 0.25) is 11.8 Å². The van der Waals surface area contributed by atoms with Crippen LogP contribution in [-0.4, -0.2) is 72.1 Å². The summed E-state index contributed by atoms with van der Waals surface area (Å²) in [5.74, 6) is 0.400. The number of carbonyl (C=O) groups is 1. The molecule has 2 fully saturated rings. The molecule has 166 valence electrons. The predicted molar refractivity (Wildman–Crippen MR) is 122 cm³/mol. The molecule has 3 aliphatic heterocycles. The third-order valence-corrected chi connectivity index (χ3v) is 7.01. The lowest BCUT2D eigenvalue weighted by atomic mass is 10.0. The van der Waals surface area contributed by atoms with Gasteiger partial charge in [0.05, 0.1) is 17.6 Å². The summed E-state index contributed by atoms with van der Waals surface area (Å²) in [6.07, 6.45) is 4.91. The van der Waals surface area contributed by atoms with Crippen molar-refractivity contribution in [3.63, 3.8) is 0 Å². The van der Waals surface area contributed by atoms with Gasteiger partial charge in [-0.05, 0) is 43.9 Å². The maximum atomic E-state index is 11.9. The van der Waals surface area contributed by atoms with Crippen LogP contribution in [0.3, 0.4) is 0 Å². The number of benzene rings is 1. The van der Waals surface area contributed by atoms with Crippen LogP contribution in [0.4, 0.5) is 5.69 Å². The molecule has 2 aromatic rings. The second-order valence-electron chi connectivity index (χ2n) is 8.89. The second kappa shape index (κ2) is 8.54. The number of carbonyl (C=O) groups excluding carboxylic acids is 1. The zero-order valence-corrected chi connectivity index (χ0v) is 18.3. The van der Waals surface area contributed by atoms with Gasteiger partial charge in [-0.15, -0.1) is 0 Å². The third-order valence-electron chi connectivity index (χ3n) is 7.01. The van der Waals surface area contributed by atoms with Gasteiger partial charge in [0.15, 0.2) is 0 Å². The van der Waals surface area contributed by atoms with Crippen LogP contribution in [0, 0.1) is 0 Å². The molecule has 0 atom stereocenters. The van der Waals surface area contributed by atoms with E-state index in [2.05, 4.69) is 27.7 Å². The van der Waals surface area contributed by atoms with Crippen molar-refractivity contribution in [3.05, 3.63) is 23.8 Å². The SMILES string of the molecule is CC(=O)N1CCN=C(c2c(O)n(C3CCOCC3)c3ccc(N4CCCC4)cc23)CC1. The Hall–Kier alpha value is -2.54. The number of nitrogens with zero attached hydrogens (tertiary/aromatic N) is 4. The van der Waals surface area contributed by atoms with Gasteiger partial charge in [-0.25, -0.2) is 0 Å². The largest absolute Gasteiger partial charge is 0.494 e. The van der Waals surface area contributed by atoms with Crippen molar-refractivity contribution in [1.82, 2.24) is 9.47 Å². The molecule has 7 heteroatoms. The monoisotopic (exact) mass is 424 g/mol. The van der Waals surface area contributed by atoms with E-state index in [1.807, 2.05) is 4.90 Å². The first kappa shape index (κ1) is 20.4. The van der Waals surface area contributed by atoms with Crippen molar-refractivity contribution >= 4 is 28.2 Å². The first-order valence-electron chi connectivity index (χ1n) is 11.6.